The minimum Gasteiger partial charge on any atom is -0.493 e. The van der Waals surface area contributed by atoms with Crippen LogP contribution in [0.25, 0.3) is 16.8 Å². The van der Waals surface area contributed by atoms with Gasteiger partial charge in [-0.05, 0) is 101 Å². The first-order chi connectivity index (χ1) is 19.2. The Morgan fingerprint density at radius 3 is 2.48 bits per heavy atom. The van der Waals surface area contributed by atoms with Crippen LogP contribution in [-0.4, -0.2) is 25.0 Å². The van der Waals surface area contributed by atoms with Crippen molar-refractivity contribution < 1.29 is 23.9 Å². The lowest BCUT2D eigenvalue weighted by Crippen LogP contribution is -2.54. The second kappa shape index (κ2) is 11.1. The SMILES string of the molecule is COc1cc(/C=C2\C(=O)NC(=O)N(c3cccc(C)c3C)C2=O)cc(I)c1OCc1c(C)ccc2ccccc12. The maximum atomic E-state index is 13.4. The lowest BCUT2D eigenvalue weighted by atomic mass is 10.0. The highest BCUT2D eigenvalue weighted by Gasteiger charge is 2.37. The second-order valence-corrected chi connectivity index (χ2v) is 10.7. The number of fused-ring (bicyclic) bond motifs is 1. The van der Waals surface area contributed by atoms with Crippen LogP contribution in [0.15, 0.2) is 72.3 Å². The van der Waals surface area contributed by atoms with Gasteiger partial charge in [-0.15, -0.1) is 0 Å². The van der Waals surface area contributed by atoms with Crippen LogP contribution in [0.5, 0.6) is 11.5 Å². The smallest absolute Gasteiger partial charge is 0.335 e. The summed E-state index contributed by atoms with van der Waals surface area (Å²) in [5, 5.41) is 4.55. The molecule has 8 heteroatoms. The second-order valence-electron chi connectivity index (χ2n) is 9.58. The fourth-order valence-electron chi connectivity index (χ4n) is 4.76. The number of nitrogens with zero attached hydrogens (tertiary/aromatic N) is 1. The number of rotatable bonds is 6. The van der Waals surface area contributed by atoms with Gasteiger partial charge in [0.25, 0.3) is 11.8 Å². The van der Waals surface area contributed by atoms with Crippen LogP contribution in [0.1, 0.15) is 27.8 Å². The standard InChI is InChI=1S/C32H27IN2O5/c1-18-8-7-11-27(20(18)3)35-31(37)24(30(36)34-32(35)38)14-21-15-26(33)29(28(16-21)39-4)40-17-25-19(2)12-13-22-9-5-6-10-23(22)25/h5-16H,17H2,1-4H3,(H,34,36,38)/b24-14+. The third-order valence-electron chi connectivity index (χ3n) is 7.12. The number of carbonyl (C=O) groups excluding carboxylic acids is 3. The molecule has 1 N–H and O–H groups in total. The number of anilines is 1. The number of barbiturate groups is 1. The number of hydrogen-bond acceptors (Lipinski definition) is 5. The molecule has 4 aromatic carbocycles. The molecular weight excluding hydrogens is 619 g/mol. The topological polar surface area (TPSA) is 84.9 Å². The zero-order valence-corrected chi connectivity index (χ0v) is 24.7. The fourth-order valence-corrected chi connectivity index (χ4v) is 5.55. The van der Waals surface area contributed by atoms with Crippen LogP contribution in [-0.2, 0) is 16.2 Å². The summed E-state index contributed by atoms with van der Waals surface area (Å²) < 4.78 is 12.7. The average molecular weight is 646 g/mol. The van der Waals surface area contributed by atoms with Crippen LogP contribution in [0.2, 0.25) is 0 Å². The summed E-state index contributed by atoms with van der Waals surface area (Å²) >= 11 is 2.15. The third-order valence-corrected chi connectivity index (χ3v) is 7.92. The van der Waals surface area contributed by atoms with Crippen molar-refractivity contribution >= 4 is 63.0 Å². The van der Waals surface area contributed by atoms with Gasteiger partial charge >= 0.3 is 6.03 Å². The van der Waals surface area contributed by atoms with Gasteiger partial charge < -0.3 is 9.47 Å². The summed E-state index contributed by atoms with van der Waals surface area (Å²) in [7, 11) is 1.54. The lowest BCUT2D eigenvalue weighted by Gasteiger charge is -2.28. The molecule has 4 amide bonds. The van der Waals surface area contributed by atoms with Crippen molar-refractivity contribution in [1.82, 2.24) is 5.32 Å². The van der Waals surface area contributed by atoms with Crippen molar-refractivity contribution in [3.63, 3.8) is 0 Å². The molecule has 0 aromatic heterocycles. The Morgan fingerprint density at radius 1 is 0.925 bits per heavy atom. The minimum atomic E-state index is -0.777. The Bertz CT molecular complexity index is 1730. The molecule has 1 aliphatic heterocycles. The molecule has 0 unspecified atom stereocenters. The van der Waals surface area contributed by atoms with Crippen molar-refractivity contribution in [2.45, 2.75) is 27.4 Å². The van der Waals surface area contributed by atoms with E-state index >= 15 is 0 Å². The van der Waals surface area contributed by atoms with E-state index < -0.39 is 17.8 Å². The largest absolute Gasteiger partial charge is 0.493 e. The van der Waals surface area contributed by atoms with Crippen LogP contribution in [0.3, 0.4) is 0 Å². The molecule has 0 bridgehead atoms. The first kappa shape index (κ1) is 27.4. The molecule has 5 rings (SSSR count). The summed E-state index contributed by atoms with van der Waals surface area (Å²) in [4.78, 5) is 39.9. The Balaban J connectivity index is 1.47. The number of halogens is 1. The van der Waals surface area contributed by atoms with Gasteiger partial charge in [-0.1, -0.05) is 48.5 Å². The zero-order valence-electron chi connectivity index (χ0n) is 22.5. The molecule has 7 nitrogen and oxygen atoms in total. The molecule has 0 aliphatic carbocycles. The van der Waals surface area contributed by atoms with Crippen molar-refractivity contribution in [3.05, 3.63) is 104 Å². The summed E-state index contributed by atoms with van der Waals surface area (Å²) in [5.74, 6) is -0.424. The molecule has 0 radical (unpaired) electrons. The first-order valence-corrected chi connectivity index (χ1v) is 13.7. The number of benzene rings is 4. The number of imide groups is 2. The minimum absolute atomic E-state index is 0.154. The van der Waals surface area contributed by atoms with Gasteiger partial charge in [0.1, 0.15) is 12.2 Å². The van der Waals surface area contributed by atoms with E-state index in [0.29, 0.717) is 29.4 Å². The highest BCUT2D eigenvalue weighted by molar-refractivity contribution is 14.1. The Kier molecular flexibility index (Phi) is 7.62. The number of aryl methyl sites for hydroxylation is 2. The number of methoxy groups -OCH3 is 1. The van der Waals surface area contributed by atoms with Gasteiger partial charge in [-0.2, -0.15) is 0 Å². The van der Waals surface area contributed by atoms with E-state index in [1.807, 2.05) is 32.0 Å². The fraction of sp³-hybridized carbons (Fsp3) is 0.156. The van der Waals surface area contributed by atoms with Crippen LogP contribution >= 0.6 is 22.6 Å². The molecule has 1 fully saturated rings. The predicted octanol–water partition coefficient (Wildman–Crippen LogP) is 6.62. The zero-order chi connectivity index (χ0) is 28.6. The van der Waals surface area contributed by atoms with Crippen molar-refractivity contribution in [2.24, 2.45) is 0 Å². The van der Waals surface area contributed by atoms with Crippen LogP contribution in [0.4, 0.5) is 10.5 Å². The molecule has 0 spiro atoms. The number of nitrogens with one attached hydrogen (secondary N) is 1. The van der Waals surface area contributed by atoms with Crippen molar-refractivity contribution in [1.29, 1.82) is 0 Å². The van der Waals surface area contributed by atoms with Gasteiger partial charge in [0, 0.05) is 5.56 Å². The summed E-state index contributed by atoms with van der Waals surface area (Å²) in [6, 6.07) is 20.4. The predicted molar refractivity (Wildman–Crippen MR) is 164 cm³/mol. The van der Waals surface area contributed by atoms with E-state index in [1.165, 1.54) is 13.2 Å². The van der Waals surface area contributed by atoms with E-state index in [4.69, 9.17) is 9.47 Å². The number of urea groups is 1. The quantitative estimate of drug-likeness (QED) is 0.145. The van der Waals surface area contributed by atoms with Gasteiger partial charge in [0.05, 0.1) is 16.4 Å². The molecule has 1 saturated heterocycles. The van der Waals surface area contributed by atoms with E-state index in [0.717, 1.165) is 41.5 Å². The Morgan fingerprint density at radius 2 is 1.70 bits per heavy atom. The number of carbonyl (C=O) groups is 3. The number of hydrogen-bond donors (Lipinski definition) is 1. The molecular formula is C32H27IN2O5. The molecule has 202 valence electrons. The first-order valence-electron chi connectivity index (χ1n) is 12.6. The average Bonchev–Trinajstić information content (AvgIpc) is 2.93. The number of ether oxygens (including phenoxy) is 2. The highest BCUT2D eigenvalue weighted by Crippen LogP contribution is 2.36. The van der Waals surface area contributed by atoms with E-state index in [9.17, 15) is 14.4 Å². The van der Waals surface area contributed by atoms with Gasteiger partial charge in [-0.3, -0.25) is 14.9 Å². The van der Waals surface area contributed by atoms with Gasteiger partial charge in [0.15, 0.2) is 11.5 Å². The van der Waals surface area contributed by atoms with Gasteiger partial charge in [0.2, 0.25) is 0 Å². The van der Waals surface area contributed by atoms with Gasteiger partial charge in [-0.25, -0.2) is 9.69 Å². The monoisotopic (exact) mass is 646 g/mol. The van der Waals surface area contributed by atoms with Crippen molar-refractivity contribution in [3.8, 4) is 11.5 Å². The Hall–Kier alpha value is -4.18. The normalized spacial score (nSPS) is 14.6. The summed E-state index contributed by atoms with van der Waals surface area (Å²) in [5.41, 5.74) is 4.75. The van der Waals surface area contributed by atoms with E-state index in [1.54, 1.807) is 24.3 Å². The summed E-state index contributed by atoms with van der Waals surface area (Å²) in [6.07, 6.45) is 1.46. The Labute approximate surface area is 245 Å². The molecule has 40 heavy (non-hydrogen) atoms. The molecule has 1 aliphatic rings. The van der Waals surface area contributed by atoms with Crippen molar-refractivity contribution in [2.75, 3.05) is 12.0 Å². The number of amides is 4. The molecule has 1 heterocycles. The van der Waals surface area contributed by atoms with Crippen LogP contribution in [0, 0.1) is 24.3 Å². The third kappa shape index (κ3) is 5.06. The molecule has 0 atom stereocenters. The summed E-state index contributed by atoms with van der Waals surface area (Å²) in [6.45, 7) is 6.12. The maximum Gasteiger partial charge on any atom is 0.335 e. The lowest BCUT2D eigenvalue weighted by molar-refractivity contribution is -0.122. The van der Waals surface area contributed by atoms with E-state index in [-0.39, 0.29) is 5.57 Å². The molecule has 0 saturated carbocycles. The van der Waals surface area contributed by atoms with Crippen LogP contribution < -0.4 is 19.7 Å². The highest BCUT2D eigenvalue weighted by atomic mass is 127. The molecule has 4 aromatic rings. The van der Waals surface area contributed by atoms with E-state index in [2.05, 4.69) is 59.1 Å². The maximum absolute atomic E-state index is 13.4.